The molecule has 156 valence electrons. The van der Waals surface area contributed by atoms with E-state index in [1.807, 2.05) is 0 Å². The number of benzene rings is 1. The van der Waals surface area contributed by atoms with Crippen LogP contribution >= 0.6 is 27.3 Å². The summed E-state index contributed by atoms with van der Waals surface area (Å²) in [6.07, 6.45) is -9.90. The normalized spacial score (nSPS) is 12.6. The molecule has 0 spiro atoms. The van der Waals surface area contributed by atoms with Gasteiger partial charge in [-0.25, -0.2) is 4.79 Å². The lowest BCUT2D eigenvalue weighted by Crippen LogP contribution is -2.15. The van der Waals surface area contributed by atoms with E-state index in [0.29, 0.717) is 26.8 Å². The number of esters is 1. The van der Waals surface area contributed by atoms with Crippen LogP contribution in [-0.4, -0.2) is 17.1 Å². The first-order chi connectivity index (χ1) is 13.4. The second-order valence-electron chi connectivity index (χ2n) is 6.05. The van der Waals surface area contributed by atoms with Gasteiger partial charge in [-0.05, 0) is 52.7 Å². The fourth-order valence-electron chi connectivity index (χ4n) is 2.86. The third kappa shape index (κ3) is 4.45. The molecule has 29 heavy (non-hydrogen) atoms. The molecule has 0 N–H and O–H groups in total. The van der Waals surface area contributed by atoms with Crippen LogP contribution in [0.25, 0.3) is 10.2 Å². The second kappa shape index (κ2) is 7.67. The van der Waals surface area contributed by atoms with Crippen LogP contribution in [0.5, 0.6) is 0 Å². The molecule has 3 rings (SSSR count). The quantitative estimate of drug-likeness (QED) is 0.294. The van der Waals surface area contributed by atoms with Crippen molar-refractivity contribution < 1.29 is 35.9 Å². The van der Waals surface area contributed by atoms with Crippen molar-refractivity contribution in [2.24, 2.45) is 0 Å². The highest BCUT2D eigenvalue weighted by Gasteiger charge is 2.37. The van der Waals surface area contributed by atoms with Crippen LogP contribution in [-0.2, 0) is 23.6 Å². The Morgan fingerprint density at radius 1 is 1.07 bits per heavy atom. The van der Waals surface area contributed by atoms with Gasteiger partial charge in [0.15, 0.2) is 0 Å². The number of hydrogen-bond acceptors (Lipinski definition) is 3. The number of ether oxygens (including phenoxy) is 1. The molecule has 0 saturated heterocycles. The fraction of sp³-hybridized carbons (Fsp3) is 0.278. The number of carbonyl (C=O) groups is 1. The van der Waals surface area contributed by atoms with Crippen molar-refractivity contribution >= 4 is 43.5 Å². The Kier molecular flexibility index (Phi) is 5.74. The molecule has 0 aliphatic carbocycles. The topological polar surface area (TPSA) is 31.2 Å². The van der Waals surface area contributed by atoms with E-state index in [2.05, 4.69) is 15.9 Å². The molecule has 0 unspecified atom stereocenters. The molecule has 0 aliphatic heterocycles. The van der Waals surface area contributed by atoms with Crippen molar-refractivity contribution in [2.75, 3.05) is 6.61 Å². The van der Waals surface area contributed by atoms with Crippen LogP contribution in [0.1, 0.15) is 34.1 Å². The number of rotatable bonds is 4. The molecule has 0 fully saturated rings. The van der Waals surface area contributed by atoms with Gasteiger partial charge in [0.1, 0.15) is 5.69 Å². The van der Waals surface area contributed by atoms with Crippen molar-refractivity contribution in [3.05, 3.63) is 56.5 Å². The number of thiophene rings is 1. The number of halogens is 7. The predicted octanol–water partition coefficient (Wildman–Crippen LogP) is 6.73. The number of nitrogens with zero attached hydrogens (tertiary/aromatic N) is 1. The predicted molar refractivity (Wildman–Crippen MR) is 99.0 cm³/mol. The lowest BCUT2D eigenvalue weighted by molar-refractivity contribution is -0.143. The lowest BCUT2D eigenvalue weighted by atomic mass is 10.0. The van der Waals surface area contributed by atoms with Crippen LogP contribution in [0.4, 0.5) is 26.3 Å². The standard InChI is InChI=1S/C18H12BrF6NO2S/c1-2-28-16(27)13-6-14-15(12(19)8-29-14)26(13)7-9-3-10(17(20,21)22)5-11(4-9)18(23,24)25/h3-6,8H,2,7H2,1H3. The fourth-order valence-corrected chi connectivity index (χ4v) is 4.56. The Morgan fingerprint density at radius 3 is 2.17 bits per heavy atom. The van der Waals surface area contributed by atoms with E-state index in [0.717, 1.165) is 0 Å². The maximum absolute atomic E-state index is 13.1. The molecule has 1 aromatic carbocycles. The lowest BCUT2D eigenvalue weighted by Gasteiger charge is -2.16. The van der Waals surface area contributed by atoms with Crippen molar-refractivity contribution in [1.29, 1.82) is 0 Å². The van der Waals surface area contributed by atoms with Crippen molar-refractivity contribution in [3.8, 4) is 0 Å². The van der Waals surface area contributed by atoms with Crippen LogP contribution in [0.2, 0.25) is 0 Å². The van der Waals surface area contributed by atoms with Gasteiger partial charge in [-0.1, -0.05) is 0 Å². The Labute approximate surface area is 173 Å². The monoisotopic (exact) mass is 499 g/mol. The van der Waals surface area contributed by atoms with E-state index in [1.54, 1.807) is 12.3 Å². The molecule has 0 aliphatic rings. The molecule has 0 saturated carbocycles. The van der Waals surface area contributed by atoms with Crippen LogP contribution in [0, 0.1) is 0 Å². The number of alkyl halides is 6. The van der Waals surface area contributed by atoms with Gasteiger partial charge in [0.25, 0.3) is 0 Å². The van der Waals surface area contributed by atoms with Crippen molar-refractivity contribution in [2.45, 2.75) is 25.8 Å². The Balaban J connectivity index is 2.17. The number of hydrogen-bond donors (Lipinski definition) is 0. The summed E-state index contributed by atoms with van der Waals surface area (Å²) in [4.78, 5) is 12.3. The van der Waals surface area contributed by atoms with E-state index < -0.39 is 29.4 Å². The molecular weight excluding hydrogens is 488 g/mol. The first-order valence-corrected chi connectivity index (χ1v) is 9.80. The molecule has 0 radical (unpaired) electrons. The summed E-state index contributed by atoms with van der Waals surface area (Å²) >= 11 is 4.58. The van der Waals surface area contributed by atoms with Gasteiger partial charge in [-0.3, -0.25) is 0 Å². The summed E-state index contributed by atoms with van der Waals surface area (Å²) in [7, 11) is 0. The molecule has 0 amide bonds. The van der Waals surface area contributed by atoms with E-state index in [1.165, 1.54) is 22.0 Å². The summed E-state index contributed by atoms with van der Waals surface area (Å²) < 4.78 is 86.3. The second-order valence-corrected chi connectivity index (χ2v) is 7.81. The summed E-state index contributed by atoms with van der Waals surface area (Å²) in [5, 5.41) is 1.71. The first kappa shape index (κ1) is 21.7. The average Bonchev–Trinajstić information content (AvgIpc) is 3.14. The molecule has 3 aromatic rings. The minimum absolute atomic E-state index is 0.0420. The first-order valence-electron chi connectivity index (χ1n) is 8.13. The summed E-state index contributed by atoms with van der Waals surface area (Å²) in [6.45, 7) is 1.28. The van der Waals surface area contributed by atoms with Crippen LogP contribution in [0.15, 0.2) is 34.1 Å². The van der Waals surface area contributed by atoms with E-state index >= 15 is 0 Å². The van der Waals surface area contributed by atoms with E-state index in [-0.39, 0.29) is 30.5 Å². The minimum atomic E-state index is -4.95. The Hall–Kier alpha value is -2.01. The molecule has 2 aromatic heterocycles. The van der Waals surface area contributed by atoms with Gasteiger partial charge in [-0.2, -0.15) is 26.3 Å². The molecule has 0 bridgehead atoms. The highest BCUT2D eigenvalue weighted by Crippen LogP contribution is 2.38. The average molecular weight is 500 g/mol. The number of aromatic nitrogens is 1. The van der Waals surface area contributed by atoms with Gasteiger partial charge in [0, 0.05) is 11.9 Å². The van der Waals surface area contributed by atoms with Gasteiger partial charge in [0.05, 0.1) is 32.4 Å². The zero-order valence-electron chi connectivity index (χ0n) is 14.6. The van der Waals surface area contributed by atoms with E-state index in [4.69, 9.17) is 4.74 Å². The minimum Gasteiger partial charge on any atom is -0.461 e. The van der Waals surface area contributed by atoms with Crippen LogP contribution < -0.4 is 0 Å². The highest BCUT2D eigenvalue weighted by molar-refractivity contribution is 9.10. The van der Waals surface area contributed by atoms with Crippen molar-refractivity contribution in [3.63, 3.8) is 0 Å². The maximum Gasteiger partial charge on any atom is 0.416 e. The van der Waals surface area contributed by atoms with Gasteiger partial charge in [-0.15, -0.1) is 11.3 Å². The van der Waals surface area contributed by atoms with E-state index in [9.17, 15) is 31.1 Å². The highest BCUT2D eigenvalue weighted by atomic mass is 79.9. The summed E-state index contributed by atoms with van der Waals surface area (Å²) in [5.41, 5.74) is -2.53. The third-order valence-electron chi connectivity index (χ3n) is 4.05. The molecule has 0 atom stereocenters. The Morgan fingerprint density at radius 2 is 1.66 bits per heavy atom. The van der Waals surface area contributed by atoms with Gasteiger partial charge in [0.2, 0.25) is 0 Å². The molecular formula is C18H12BrF6NO2S. The third-order valence-corrected chi connectivity index (χ3v) is 5.88. The number of carbonyl (C=O) groups excluding carboxylic acids is 1. The zero-order chi connectivity index (χ0) is 21.6. The van der Waals surface area contributed by atoms with Gasteiger partial charge < -0.3 is 9.30 Å². The summed E-state index contributed by atoms with van der Waals surface area (Å²) in [6, 6.07) is 2.87. The maximum atomic E-state index is 13.1. The Bertz CT molecular complexity index is 1030. The molecule has 11 heteroatoms. The molecule has 3 nitrogen and oxygen atoms in total. The number of fused-ring (bicyclic) bond motifs is 1. The molecule has 2 heterocycles. The zero-order valence-corrected chi connectivity index (χ0v) is 17.0. The van der Waals surface area contributed by atoms with Gasteiger partial charge >= 0.3 is 18.3 Å². The van der Waals surface area contributed by atoms with Crippen molar-refractivity contribution in [1.82, 2.24) is 4.57 Å². The SMILES string of the molecule is CCOC(=O)c1cc2scc(Br)c2n1Cc1cc(C(F)(F)F)cc(C(F)(F)F)c1. The van der Waals surface area contributed by atoms with Crippen LogP contribution in [0.3, 0.4) is 0 Å². The smallest absolute Gasteiger partial charge is 0.416 e. The largest absolute Gasteiger partial charge is 0.461 e. The summed E-state index contributed by atoms with van der Waals surface area (Å²) in [5.74, 6) is -0.717.